The molecule has 2 aliphatic rings. The van der Waals surface area contributed by atoms with Crippen molar-refractivity contribution >= 4 is 54.9 Å². The Hall–Kier alpha value is -8.88. The molecular formula is C58H40N8. The summed E-state index contributed by atoms with van der Waals surface area (Å²) in [6, 6.07) is 47.0. The van der Waals surface area contributed by atoms with Gasteiger partial charge in [-0.3, -0.25) is 29.9 Å². The van der Waals surface area contributed by atoms with Crippen LogP contribution in [-0.2, 0) is 0 Å². The van der Waals surface area contributed by atoms with Gasteiger partial charge in [0.05, 0.1) is 22.8 Å². The predicted octanol–water partition coefficient (Wildman–Crippen LogP) is 12.2. The van der Waals surface area contributed by atoms with Gasteiger partial charge in [0.15, 0.2) is 0 Å². The highest BCUT2D eigenvalue weighted by Gasteiger charge is 2.16. The summed E-state index contributed by atoms with van der Waals surface area (Å²) < 4.78 is 0. The van der Waals surface area contributed by atoms with E-state index in [9.17, 15) is 0 Å². The second-order valence-corrected chi connectivity index (χ2v) is 16.5. The number of rotatable bonds is 8. The molecule has 0 aliphatic carbocycles. The van der Waals surface area contributed by atoms with E-state index in [0.29, 0.717) is 6.54 Å². The Morgan fingerprint density at radius 1 is 0.303 bits per heavy atom. The maximum Gasteiger partial charge on any atom is 0.0717 e. The van der Waals surface area contributed by atoms with Crippen LogP contribution in [0.1, 0.15) is 22.4 Å². The molecule has 312 valence electrons. The smallest absolute Gasteiger partial charge is 0.0717 e. The fourth-order valence-corrected chi connectivity index (χ4v) is 9.04. The summed E-state index contributed by atoms with van der Waals surface area (Å²) >= 11 is 0. The van der Waals surface area contributed by atoms with Crippen LogP contribution in [-0.4, -0.2) is 43.0 Å². The Kier molecular flexibility index (Phi) is 9.79. The van der Waals surface area contributed by atoms with E-state index in [1.54, 1.807) is 12.4 Å². The minimum Gasteiger partial charge on any atom is -0.380 e. The van der Waals surface area contributed by atoms with Crippen LogP contribution in [0.3, 0.4) is 0 Å². The molecule has 0 saturated carbocycles. The van der Waals surface area contributed by atoms with Gasteiger partial charge in [-0.25, -0.2) is 0 Å². The summed E-state index contributed by atoms with van der Waals surface area (Å²) in [7, 11) is 0. The van der Waals surface area contributed by atoms with E-state index in [1.165, 1.54) is 43.5 Å². The Balaban J connectivity index is 0.774. The number of nitrogens with one attached hydrogen (secondary N) is 2. The summed E-state index contributed by atoms with van der Waals surface area (Å²) in [6.07, 6.45) is 23.5. The molecule has 66 heavy (non-hydrogen) atoms. The molecule has 12 rings (SSSR count). The highest BCUT2D eigenvalue weighted by Crippen LogP contribution is 2.39. The number of fused-ring (bicyclic) bond motifs is 6. The first-order valence-electron chi connectivity index (χ1n) is 22.0. The molecule has 0 saturated heterocycles. The van der Waals surface area contributed by atoms with E-state index in [-0.39, 0.29) is 0 Å². The maximum absolute atomic E-state index is 4.89. The number of aromatic nitrogens is 6. The number of hydrogen-bond donors (Lipinski definition) is 2. The van der Waals surface area contributed by atoms with Crippen molar-refractivity contribution in [3.63, 3.8) is 0 Å². The molecule has 2 N–H and O–H groups in total. The average molecular weight is 849 g/mol. The Morgan fingerprint density at radius 2 is 0.742 bits per heavy atom. The first-order chi connectivity index (χ1) is 32.7. The van der Waals surface area contributed by atoms with Gasteiger partial charge in [-0.1, -0.05) is 66.7 Å². The Bertz CT molecular complexity index is 3560. The Labute approximate surface area is 381 Å². The van der Waals surface area contributed by atoms with Crippen LogP contribution in [0.4, 0.5) is 0 Å². The standard InChI is InChI=1S/C58H40N8/c1-2-8-48-47(7-1)51-27-37(39-11-19-55(61-31-39)43-15-23-57(65-35-43)45-13-21-53(63-33-45)41-5-3-25-59-29-41)9-17-49(51)50-18-10-38(28-52(48)50)40-12-20-56(62-32-40)44-16-24-58(66-36-44)46-14-22-54(64-34-46)42-6-4-26-60-30-42/h1-31,33,35-36,62,64H,32,34H2. The third-order valence-corrected chi connectivity index (χ3v) is 12.6. The fraction of sp³-hybridized carbons (Fsp3) is 0.0345. The monoisotopic (exact) mass is 848 g/mol. The first-order valence-corrected chi connectivity index (χ1v) is 22.0. The second-order valence-electron chi connectivity index (χ2n) is 16.5. The predicted molar refractivity (Wildman–Crippen MR) is 268 cm³/mol. The molecular weight excluding hydrogens is 809 g/mol. The minimum atomic E-state index is 0.713. The molecule has 2 aliphatic heterocycles. The van der Waals surface area contributed by atoms with Crippen molar-refractivity contribution in [2.45, 2.75) is 0 Å². The third kappa shape index (κ3) is 7.36. The largest absolute Gasteiger partial charge is 0.380 e. The van der Waals surface area contributed by atoms with Crippen molar-refractivity contribution in [3.05, 3.63) is 230 Å². The molecule has 0 radical (unpaired) electrons. The molecule has 0 bridgehead atoms. The van der Waals surface area contributed by atoms with Crippen LogP contribution < -0.4 is 10.6 Å². The van der Waals surface area contributed by atoms with Crippen molar-refractivity contribution in [1.82, 2.24) is 40.5 Å². The number of benzene rings is 4. The molecule has 0 spiro atoms. The molecule has 8 nitrogen and oxygen atoms in total. The van der Waals surface area contributed by atoms with Gasteiger partial charge in [-0.15, -0.1) is 0 Å². The summed E-state index contributed by atoms with van der Waals surface area (Å²) in [6.45, 7) is 1.44. The van der Waals surface area contributed by atoms with Crippen molar-refractivity contribution in [2.75, 3.05) is 13.1 Å². The highest BCUT2D eigenvalue weighted by molar-refractivity contribution is 6.26. The maximum atomic E-state index is 4.89. The normalized spacial score (nSPS) is 13.6. The van der Waals surface area contributed by atoms with Crippen LogP contribution >= 0.6 is 0 Å². The van der Waals surface area contributed by atoms with Gasteiger partial charge in [0, 0.05) is 107 Å². The highest BCUT2D eigenvalue weighted by atomic mass is 14.9. The lowest BCUT2D eigenvalue weighted by Crippen LogP contribution is -2.19. The number of hydrogen-bond acceptors (Lipinski definition) is 8. The summed E-state index contributed by atoms with van der Waals surface area (Å²) in [5, 5.41) is 14.6. The van der Waals surface area contributed by atoms with Crippen molar-refractivity contribution in [1.29, 1.82) is 0 Å². The van der Waals surface area contributed by atoms with Crippen LogP contribution in [0, 0.1) is 0 Å². The topological polar surface area (TPSA) is 101 Å². The van der Waals surface area contributed by atoms with E-state index in [2.05, 4.69) is 147 Å². The van der Waals surface area contributed by atoms with E-state index in [4.69, 9.17) is 15.0 Å². The minimum absolute atomic E-state index is 0.713. The second kappa shape index (κ2) is 16.7. The average Bonchev–Trinajstić information content (AvgIpc) is 3.41. The van der Waals surface area contributed by atoms with Gasteiger partial charge in [0.1, 0.15) is 0 Å². The zero-order chi connectivity index (χ0) is 43.8. The number of dihydropyridines is 2. The molecule has 0 unspecified atom stereocenters. The number of nitrogens with zero attached hydrogens (tertiary/aromatic N) is 6. The lowest BCUT2D eigenvalue weighted by Gasteiger charge is -2.20. The van der Waals surface area contributed by atoms with E-state index < -0.39 is 0 Å². The zero-order valence-electron chi connectivity index (χ0n) is 35.7. The van der Waals surface area contributed by atoms with Gasteiger partial charge >= 0.3 is 0 Å². The molecule has 10 aromatic rings. The molecule has 0 amide bonds. The van der Waals surface area contributed by atoms with Gasteiger partial charge in [0.25, 0.3) is 0 Å². The summed E-state index contributed by atoms with van der Waals surface area (Å²) in [5.74, 6) is 0. The van der Waals surface area contributed by atoms with Crippen LogP contribution in [0.15, 0.2) is 207 Å². The van der Waals surface area contributed by atoms with Gasteiger partial charge in [0.2, 0.25) is 0 Å². The molecule has 0 atom stereocenters. The van der Waals surface area contributed by atoms with Crippen molar-refractivity contribution in [2.24, 2.45) is 0 Å². The Morgan fingerprint density at radius 3 is 1.26 bits per heavy atom. The molecule has 0 fully saturated rings. The van der Waals surface area contributed by atoms with E-state index >= 15 is 0 Å². The first kappa shape index (κ1) is 38.8. The van der Waals surface area contributed by atoms with Crippen LogP contribution in [0.25, 0.3) is 99.8 Å². The molecule has 4 aromatic carbocycles. The van der Waals surface area contributed by atoms with Crippen LogP contribution in [0.2, 0.25) is 0 Å². The van der Waals surface area contributed by atoms with Gasteiger partial charge in [-0.2, -0.15) is 0 Å². The number of allylic oxidation sites excluding steroid dienone is 4. The fourth-order valence-electron chi connectivity index (χ4n) is 9.04. The lowest BCUT2D eigenvalue weighted by molar-refractivity contribution is 0.991. The summed E-state index contributed by atoms with van der Waals surface area (Å²) in [5.41, 5.74) is 16.5. The molecule has 8 heteroatoms. The van der Waals surface area contributed by atoms with E-state index in [1.807, 2.05) is 73.6 Å². The van der Waals surface area contributed by atoms with Crippen molar-refractivity contribution < 1.29 is 0 Å². The van der Waals surface area contributed by atoms with Crippen LogP contribution in [0.5, 0.6) is 0 Å². The SMILES string of the molecule is C1=C(c2ccc3c4ccc(-c5ccc(-c6ccc(-c7ccc(-c8cccnc8)nc7)nc6)nc5)cc4c4ccccc4c3c2)CNC(c2ccc(C3=CC=C(c4cccnc4)NC3)nc2)=C1. The third-order valence-electron chi connectivity index (χ3n) is 12.6. The number of pyridine rings is 6. The molecule has 8 heterocycles. The van der Waals surface area contributed by atoms with Crippen molar-refractivity contribution in [3.8, 4) is 44.9 Å². The van der Waals surface area contributed by atoms with Gasteiger partial charge in [-0.05, 0) is 146 Å². The quantitative estimate of drug-likeness (QED) is 0.146. The zero-order valence-corrected chi connectivity index (χ0v) is 35.7. The molecule has 6 aromatic heterocycles. The van der Waals surface area contributed by atoms with E-state index in [0.717, 1.165) is 85.2 Å². The summed E-state index contributed by atoms with van der Waals surface area (Å²) in [4.78, 5) is 27.6. The van der Waals surface area contributed by atoms with Gasteiger partial charge < -0.3 is 10.6 Å². The lowest BCUT2D eigenvalue weighted by atomic mass is 9.90.